The average molecular weight is 905 g/mol. The molecule has 0 aliphatic rings. The number of esters is 1. The number of rotatable bonds is 54. The van der Waals surface area contributed by atoms with Crippen LogP contribution in [0.4, 0.5) is 0 Å². The third-order valence-electron chi connectivity index (χ3n) is 13.6. The zero-order valence-electron chi connectivity index (χ0n) is 43.3. The third kappa shape index (κ3) is 50.0. The van der Waals surface area contributed by atoms with E-state index < -0.39 is 12.1 Å². The quantitative estimate of drug-likeness (QED) is 0.0321. The van der Waals surface area contributed by atoms with Gasteiger partial charge in [-0.3, -0.25) is 9.59 Å². The first-order valence-corrected chi connectivity index (χ1v) is 28.9. The minimum Gasteiger partial charge on any atom is -0.466 e. The molecule has 2 atom stereocenters. The molecule has 0 saturated heterocycles. The summed E-state index contributed by atoms with van der Waals surface area (Å²) in [6.07, 6.45) is 63.4. The summed E-state index contributed by atoms with van der Waals surface area (Å²) < 4.78 is 5.49. The summed E-state index contributed by atoms with van der Waals surface area (Å²) >= 11 is 0. The minimum atomic E-state index is -0.668. The topological polar surface area (TPSA) is 95.9 Å². The Morgan fingerprint density at radius 3 is 1.11 bits per heavy atom. The molecule has 6 nitrogen and oxygen atoms in total. The van der Waals surface area contributed by atoms with Gasteiger partial charge in [0, 0.05) is 12.8 Å². The average Bonchev–Trinajstić information content (AvgIpc) is 3.29. The highest BCUT2D eigenvalue weighted by Gasteiger charge is 2.20. The maximum absolute atomic E-state index is 12.5. The van der Waals surface area contributed by atoms with Crippen molar-refractivity contribution in [1.82, 2.24) is 5.32 Å². The van der Waals surface area contributed by atoms with Crippen molar-refractivity contribution < 1.29 is 24.5 Å². The largest absolute Gasteiger partial charge is 0.466 e. The predicted octanol–water partition coefficient (Wildman–Crippen LogP) is 17.7. The number of carbonyl (C=O) groups is 2. The van der Waals surface area contributed by atoms with Gasteiger partial charge in [0.15, 0.2) is 0 Å². The van der Waals surface area contributed by atoms with Gasteiger partial charge in [-0.25, -0.2) is 0 Å². The fourth-order valence-corrected chi connectivity index (χ4v) is 9.11. The van der Waals surface area contributed by atoms with Crippen molar-refractivity contribution >= 4 is 11.9 Å². The number of aliphatic hydroxyl groups is 2. The lowest BCUT2D eigenvalue weighted by Crippen LogP contribution is -2.45. The van der Waals surface area contributed by atoms with Crippen LogP contribution in [0.1, 0.15) is 322 Å². The SMILES string of the molecule is CCCCCCCC/C=C\CCCCCCCCCCCC(=O)OCCCCCCCCCCCCCCCCCC(=O)NC(CO)C(O)CCCCCCCCCCCCCCC. The standard InChI is InChI=1S/C58H113NO5/c1-3-5-7-9-11-13-15-17-18-19-20-21-24-28-32-36-40-44-48-52-58(63)64-53-49-45-41-37-33-29-25-22-23-27-31-35-39-43-47-51-57(62)59-55(54-60)56(61)50-46-42-38-34-30-26-16-14-12-10-8-6-4-2/h17-18,55-56,60-61H,3-16,19-54H2,1-2H3,(H,59,62)/b18-17-. The molecule has 0 aromatic rings. The number of hydrogen-bond donors (Lipinski definition) is 3. The van der Waals surface area contributed by atoms with E-state index in [1.165, 1.54) is 244 Å². The number of hydrogen-bond acceptors (Lipinski definition) is 5. The van der Waals surface area contributed by atoms with E-state index in [0.717, 1.165) is 44.9 Å². The Bertz CT molecular complexity index is 955. The number of aliphatic hydroxyl groups excluding tert-OH is 2. The molecule has 0 aromatic heterocycles. The highest BCUT2D eigenvalue weighted by molar-refractivity contribution is 5.76. The molecule has 0 aromatic carbocycles. The van der Waals surface area contributed by atoms with Crippen molar-refractivity contribution in [3.05, 3.63) is 12.2 Å². The Labute approximate surface area is 399 Å². The lowest BCUT2D eigenvalue weighted by molar-refractivity contribution is -0.143. The van der Waals surface area contributed by atoms with Crippen molar-refractivity contribution in [1.29, 1.82) is 0 Å². The van der Waals surface area contributed by atoms with Gasteiger partial charge in [0.1, 0.15) is 0 Å². The van der Waals surface area contributed by atoms with E-state index in [-0.39, 0.29) is 18.5 Å². The molecule has 0 saturated carbocycles. The molecule has 0 bridgehead atoms. The second-order valence-corrected chi connectivity index (χ2v) is 20.0. The highest BCUT2D eigenvalue weighted by Crippen LogP contribution is 2.17. The Kier molecular flexibility index (Phi) is 53.0. The van der Waals surface area contributed by atoms with Crippen LogP contribution < -0.4 is 5.32 Å². The van der Waals surface area contributed by atoms with E-state index in [9.17, 15) is 19.8 Å². The molecule has 0 aliphatic carbocycles. The lowest BCUT2D eigenvalue weighted by Gasteiger charge is -2.22. The normalized spacial score (nSPS) is 12.6. The van der Waals surface area contributed by atoms with Gasteiger partial charge < -0.3 is 20.3 Å². The maximum atomic E-state index is 12.5. The molecule has 1 amide bonds. The first kappa shape index (κ1) is 62.6. The molecule has 0 radical (unpaired) electrons. The van der Waals surface area contributed by atoms with Gasteiger partial charge in [-0.15, -0.1) is 0 Å². The molecule has 0 spiro atoms. The van der Waals surface area contributed by atoms with E-state index >= 15 is 0 Å². The smallest absolute Gasteiger partial charge is 0.305 e. The molecule has 64 heavy (non-hydrogen) atoms. The molecule has 0 heterocycles. The molecule has 0 rings (SSSR count). The van der Waals surface area contributed by atoms with Crippen LogP contribution >= 0.6 is 0 Å². The van der Waals surface area contributed by atoms with Crippen molar-refractivity contribution in [2.75, 3.05) is 13.2 Å². The summed E-state index contributed by atoms with van der Waals surface area (Å²) in [5, 5.41) is 23.2. The van der Waals surface area contributed by atoms with E-state index in [2.05, 4.69) is 31.3 Å². The van der Waals surface area contributed by atoms with Gasteiger partial charge >= 0.3 is 5.97 Å². The van der Waals surface area contributed by atoms with Crippen LogP contribution in [-0.4, -0.2) is 47.4 Å². The van der Waals surface area contributed by atoms with Crippen molar-refractivity contribution in [2.45, 2.75) is 334 Å². The highest BCUT2D eigenvalue weighted by atomic mass is 16.5. The summed E-state index contributed by atoms with van der Waals surface area (Å²) in [5.74, 6) is -0.0414. The number of allylic oxidation sites excluding steroid dienone is 2. The predicted molar refractivity (Wildman–Crippen MR) is 278 cm³/mol. The summed E-state index contributed by atoms with van der Waals surface area (Å²) in [7, 11) is 0. The number of nitrogens with one attached hydrogen (secondary N) is 1. The Morgan fingerprint density at radius 1 is 0.422 bits per heavy atom. The summed E-state index contributed by atoms with van der Waals surface area (Å²) in [6, 6.07) is -0.546. The fourth-order valence-electron chi connectivity index (χ4n) is 9.11. The fraction of sp³-hybridized carbons (Fsp3) is 0.931. The molecule has 2 unspecified atom stereocenters. The molecule has 0 fully saturated rings. The summed E-state index contributed by atoms with van der Waals surface area (Å²) in [5.41, 5.74) is 0. The van der Waals surface area contributed by atoms with Gasteiger partial charge in [0.05, 0.1) is 25.4 Å². The first-order valence-electron chi connectivity index (χ1n) is 28.9. The first-order chi connectivity index (χ1) is 31.5. The van der Waals surface area contributed by atoms with Crippen LogP contribution in [0.3, 0.4) is 0 Å². The molecule has 6 heteroatoms. The van der Waals surface area contributed by atoms with E-state index in [1.54, 1.807) is 0 Å². The molecule has 0 aliphatic heterocycles. The molecule has 380 valence electrons. The third-order valence-corrected chi connectivity index (χ3v) is 13.6. The van der Waals surface area contributed by atoms with Crippen LogP contribution in [0.25, 0.3) is 0 Å². The van der Waals surface area contributed by atoms with E-state index in [1.807, 2.05) is 0 Å². The second-order valence-electron chi connectivity index (χ2n) is 20.0. The van der Waals surface area contributed by atoms with Crippen LogP contribution in [0.5, 0.6) is 0 Å². The van der Waals surface area contributed by atoms with Gasteiger partial charge in [-0.05, 0) is 51.4 Å². The van der Waals surface area contributed by atoms with Gasteiger partial charge in [0.2, 0.25) is 5.91 Å². The lowest BCUT2D eigenvalue weighted by atomic mass is 10.0. The second kappa shape index (κ2) is 54.2. The van der Waals surface area contributed by atoms with Crippen LogP contribution in [0.15, 0.2) is 12.2 Å². The number of amides is 1. The van der Waals surface area contributed by atoms with Crippen molar-refractivity contribution in [3.8, 4) is 0 Å². The molecule has 3 N–H and O–H groups in total. The zero-order valence-corrected chi connectivity index (χ0v) is 43.3. The Balaban J connectivity index is 3.40. The minimum absolute atomic E-state index is 0.000838. The van der Waals surface area contributed by atoms with E-state index in [4.69, 9.17) is 4.74 Å². The summed E-state index contributed by atoms with van der Waals surface area (Å²) in [4.78, 5) is 24.5. The van der Waals surface area contributed by atoms with Crippen LogP contribution in [0.2, 0.25) is 0 Å². The molecular weight excluding hydrogens is 791 g/mol. The van der Waals surface area contributed by atoms with Gasteiger partial charge in [-0.2, -0.15) is 0 Å². The summed E-state index contributed by atoms with van der Waals surface area (Å²) in [6.45, 7) is 4.94. The van der Waals surface area contributed by atoms with Crippen molar-refractivity contribution in [3.63, 3.8) is 0 Å². The van der Waals surface area contributed by atoms with Gasteiger partial charge in [-0.1, -0.05) is 270 Å². The number of unbranched alkanes of at least 4 members (excludes halogenated alkanes) is 41. The van der Waals surface area contributed by atoms with Crippen molar-refractivity contribution in [2.24, 2.45) is 0 Å². The van der Waals surface area contributed by atoms with Crippen LogP contribution in [0, 0.1) is 0 Å². The molecular formula is C58H113NO5. The number of ether oxygens (including phenoxy) is 1. The van der Waals surface area contributed by atoms with Crippen LogP contribution in [-0.2, 0) is 14.3 Å². The van der Waals surface area contributed by atoms with E-state index in [0.29, 0.717) is 25.9 Å². The Hall–Kier alpha value is -1.40. The zero-order chi connectivity index (χ0) is 46.5. The Morgan fingerprint density at radius 2 is 0.734 bits per heavy atom. The monoisotopic (exact) mass is 904 g/mol. The number of carbonyl (C=O) groups excluding carboxylic acids is 2. The maximum Gasteiger partial charge on any atom is 0.305 e. The van der Waals surface area contributed by atoms with Gasteiger partial charge in [0.25, 0.3) is 0 Å².